The molecule has 9 heteroatoms. The lowest BCUT2D eigenvalue weighted by Gasteiger charge is -2.20. The summed E-state index contributed by atoms with van der Waals surface area (Å²) in [5.74, 6) is 0.633. The predicted molar refractivity (Wildman–Crippen MR) is 161 cm³/mol. The Morgan fingerprint density at radius 1 is 0.976 bits per heavy atom. The maximum atomic E-state index is 13.4. The van der Waals surface area contributed by atoms with Crippen molar-refractivity contribution in [1.82, 2.24) is 4.90 Å². The SMILES string of the molecule is CCCCCN(CC)CCOc1ccc(Cc2c(-c3c(C)cc(C(F)(F)F)cc3Cl)c(=O)oc3cc(O)ccc23)cc1. The number of nitrogens with zero attached hydrogens (tertiary/aromatic N) is 1. The first-order chi connectivity index (χ1) is 20.0. The van der Waals surface area contributed by atoms with Gasteiger partial charge in [-0.1, -0.05) is 50.4 Å². The first-order valence-corrected chi connectivity index (χ1v) is 14.5. The lowest BCUT2D eigenvalue weighted by atomic mass is 9.90. The smallest absolute Gasteiger partial charge is 0.416 e. The highest BCUT2D eigenvalue weighted by Gasteiger charge is 2.32. The first kappa shape index (κ1) is 31.4. The van der Waals surface area contributed by atoms with Gasteiger partial charge in [-0.2, -0.15) is 13.2 Å². The molecule has 0 aliphatic carbocycles. The molecule has 1 aromatic heterocycles. The van der Waals surface area contributed by atoms with Crippen LogP contribution in [0.15, 0.2) is 63.8 Å². The second-order valence-electron chi connectivity index (χ2n) is 10.4. The number of ether oxygens (including phenoxy) is 1. The Morgan fingerprint density at radius 2 is 1.71 bits per heavy atom. The Balaban J connectivity index is 1.65. The zero-order valence-corrected chi connectivity index (χ0v) is 24.7. The normalized spacial score (nSPS) is 11.9. The lowest BCUT2D eigenvalue weighted by Crippen LogP contribution is -2.29. The molecule has 0 aliphatic heterocycles. The van der Waals surface area contributed by atoms with Crippen LogP contribution in [0.5, 0.6) is 11.5 Å². The number of benzene rings is 3. The summed E-state index contributed by atoms with van der Waals surface area (Å²) in [5.41, 5.74) is 0.357. The van der Waals surface area contributed by atoms with Crippen LogP contribution >= 0.6 is 11.6 Å². The van der Waals surface area contributed by atoms with E-state index in [-0.39, 0.29) is 39.5 Å². The number of rotatable bonds is 12. The third-order valence-corrected chi connectivity index (χ3v) is 7.67. The summed E-state index contributed by atoms with van der Waals surface area (Å²) in [7, 11) is 0. The van der Waals surface area contributed by atoms with Crippen LogP contribution in [0, 0.1) is 6.92 Å². The van der Waals surface area contributed by atoms with E-state index >= 15 is 0 Å². The number of hydrogen-bond donors (Lipinski definition) is 1. The number of unbranched alkanes of at least 4 members (excludes halogenated alkanes) is 2. The van der Waals surface area contributed by atoms with E-state index < -0.39 is 17.4 Å². The minimum absolute atomic E-state index is 0.0819. The van der Waals surface area contributed by atoms with E-state index in [9.17, 15) is 23.1 Å². The Bertz CT molecular complexity index is 1560. The van der Waals surface area contributed by atoms with E-state index in [1.54, 1.807) is 6.07 Å². The fourth-order valence-electron chi connectivity index (χ4n) is 5.13. The topological polar surface area (TPSA) is 62.9 Å². The van der Waals surface area contributed by atoms with Gasteiger partial charge in [0.2, 0.25) is 0 Å². The number of likely N-dealkylation sites (N-methyl/N-ethyl adjacent to an activating group) is 1. The fourth-order valence-corrected chi connectivity index (χ4v) is 5.49. The Labute approximate surface area is 248 Å². The van der Waals surface area contributed by atoms with Crippen molar-refractivity contribution in [1.29, 1.82) is 0 Å². The molecule has 4 rings (SSSR count). The van der Waals surface area contributed by atoms with Crippen molar-refractivity contribution < 1.29 is 27.4 Å². The summed E-state index contributed by atoms with van der Waals surface area (Å²) in [5, 5.41) is 10.3. The number of phenols is 1. The summed E-state index contributed by atoms with van der Waals surface area (Å²) in [4.78, 5) is 15.7. The van der Waals surface area contributed by atoms with Crippen LogP contribution in [0.2, 0.25) is 5.02 Å². The van der Waals surface area contributed by atoms with Gasteiger partial charge in [0.25, 0.3) is 0 Å². The summed E-state index contributed by atoms with van der Waals surface area (Å²) in [6, 6.07) is 13.7. The van der Waals surface area contributed by atoms with E-state index in [0.717, 1.165) is 37.3 Å². The zero-order chi connectivity index (χ0) is 30.4. The molecule has 0 bridgehead atoms. The van der Waals surface area contributed by atoms with Crippen LogP contribution in [-0.4, -0.2) is 36.2 Å². The van der Waals surface area contributed by atoms with Crippen LogP contribution in [0.25, 0.3) is 22.1 Å². The molecule has 0 radical (unpaired) electrons. The van der Waals surface area contributed by atoms with Crippen molar-refractivity contribution in [2.75, 3.05) is 26.2 Å². The molecular weight excluding hydrogens is 567 g/mol. The molecular formula is C33H35ClF3NO4. The molecule has 0 aliphatic rings. The molecule has 0 fully saturated rings. The third-order valence-electron chi connectivity index (χ3n) is 7.37. The van der Waals surface area contributed by atoms with Crippen LogP contribution in [0.4, 0.5) is 13.2 Å². The molecule has 42 heavy (non-hydrogen) atoms. The lowest BCUT2D eigenvalue weighted by molar-refractivity contribution is -0.137. The predicted octanol–water partition coefficient (Wildman–Crippen LogP) is 8.63. The monoisotopic (exact) mass is 601 g/mol. The van der Waals surface area contributed by atoms with Crippen LogP contribution in [0.1, 0.15) is 55.4 Å². The molecule has 0 atom stereocenters. The standard InChI is InChI=1S/C33H35ClF3NO4/c1-4-6-7-14-38(5-2)15-16-41-25-11-8-22(9-12-25)18-27-26-13-10-24(39)20-29(26)42-32(40)31(27)30-21(3)17-23(19-28(30)34)33(35,36)37/h8-13,17,19-20,39H,4-7,14-16,18H2,1-3H3. The number of alkyl halides is 3. The van der Waals surface area contributed by atoms with E-state index in [1.807, 2.05) is 24.3 Å². The summed E-state index contributed by atoms with van der Waals surface area (Å²) in [6.45, 7) is 9.22. The van der Waals surface area contributed by atoms with Gasteiger partial charge in [0.05, 0.1) is 11.1 Å². The molecule has 4 aromatic rings. The van der Waals surface area contributed by atoms with Gasteiger partial charge >= 0.3 is 11.8 Å². The Kier molecular flexibility index (Phi) is 10.2. The van der Waals surface area contributed by atoms with E-state index in [0.29, 0.717) is 23.3 Å². The van der Waals surface area contributed by atoms with Gasteiger partial charge < -0.3 is 19.2 Å². The van der Waals surface area contributed by atoms with Gasteiger partial charge in [0, 0.05) is 28.6 Å². The second kappa shape index (κ2) is 13.7. The molecule has 0 spiro atoms. The number of aromatic hydroxyl groups is 1. The minimum atomic E-state index is -4.59. The van der Waals surface area contributed by atoms with Gasteiger partial charge in [-0.25, -0.2) is 4.79 Å². The van der Waals surface area contributed by atoms with Gasteiger partial charge in [0.1, 0.15) is 23.7 Å². The molecule has 3 aromatic carbocycles. The van der Waals surface area contributed by atoms with Gasteiger partial charge in [-0.05, 0) is 85.9 Å². The van der Waals surface area contributed by atoms with E-state index in [2.05, 4.69) is 18.7 Å². The molecule has 0 saturated carbocycles. The number of hydrogen-bond acceptors (Lipinski definition) is 5. The van der Waals surface area contributed by atoms with Crippen molar-refractivity contribution >= 4 is 22.6 Å². The molecule has 0 unspecified atom stereocenters. The van der Waals surface area contributed by atoms with E-state index in [4.69, 9.17) is 20.8 Å². The number of aryl methyl sites for hydroxylation is 1. The highest BCUT2D eigenvalue weighted by Crippen LogP contribution is 2.40. The summed E-state index contributed by atoms with van der Waals surface area (Å²) >= 11 is 6.40. The van der Waals surface area contributed by atoms with Crippen LogP contribution < -0.4 is 10.4 Å². The van der Waals surface area contributed by atoms with Crippen molar-refractivity contribution in [3.05, 3.63) is 92.3 Å². The molecule has 5 nitrogen and oxygen atoms in total. The quantitative estimate of drug-likeness (QED) is 0.130. The van der Waals surface area contributed by atoms with Crippen LogP contribution in [0.3, 0.4) is 0 Å². The molecule has 224 valence electrons. The largest absolute Gasteiger partial charge is 0.508 e. The van der Waals surface area contributed by atoms with Crippen molar-refractivity contribution in [2.24, 2.45) is 0 Å². The zero-order valence-electron chi connectivity index (χ0n) is 24.0. The number of halogens is 4. The summed E-state index contributed by atoms with van der Waals surface area (Å²) < 4.78 is 51.8. The third kappa shape index (κ3) is 7.47. The van der Waals surface area contributed by atoms with Crippen LogP contribution in [-0.2, 0) is 12.6 Å². The molecule has 0 amide bonds. The van der Waals surface area contributed by atoms with Gasteiger partial charge in [-0.3, -0.25) is 0 Å². The van der Waals surface area contributed by atoms with Crippen molar-refractivity contribution in [3.63, 3.8) is 0 Å². The van der Waals surface area contributed by atoms with Gasteiger partial charge in [-0.15, -0.1) is 0 Å². The van der Waals surface area contributed by atoms with Gasteiger partial charge in [0.15, 0.2) is 0 Å². The maximum absolute atomic E-state index is 13.4. The number of fused-ring (bicyclic) bond motifs is 1. The molecule has 1 N–H and O–H groups in total. The Hall–Kier alpha value is -3.49. The summed E-state index contributed by atoms with van der Waals surface area (Å²) in [6.07, 6.45) is -0.754. The Morgan fingerprint density at radius 3 is 2.36 bits per heavy atom. The molecule has 1 heterocycles. The average molecular weight is 602 g/mol. The highest BCUT2D eigenvalue weighted by molar-refractivity contribution is 6.33. The van der Waals surface area contributed by atoms with E-state index in [1.165, 1.54) is 38.3 Å². The number of phenolic OH excluding ortho intramolecular Hbond substituents is 1. The average Bonchev–Trinajstić information content (AvgIpc) is 2.93. The van der Waals surface area contributed by atoms with Crippen molar-refractivity contribution in [2.45, 2.75) is 52.6 Å². The highest BCUT2D eigenvalue weighted by atomic mass is 35.5. The maximum Gasteiger partial charge on any atom is 0.416 e. The second-order valence-corrected chi connectivity index (χ2v) is 10.8. The first-order valence-electron chi connectivity index (χ1n) is 14.1. The minimum Gasteiger partial charge on any atom is -0.508 e. The van der Waals surface area contributed by atoms with Crippen molar-refractivity contribution in [3.8, 4) is 22.6 Å². The fraction of sp³-hybridized carbons (Fsp3) is 0.364. The molecule has 0 saturated heterocycles.